The predicted molar refractivity (Wildman–Crippen MR) is 82.9 cm³/mol. The second kappa shape index (κ2) is 7.60. The van der Waals surface area contributed by atoms with Gasteiger partial charge in [0.1, 0.15) is 12.4 Å². The van der Waals surface area contributed by atoms with Gasteiger partial charge in [-0.15, -0.1) is 0 Å². The average molecular weight is 317 g/mol. The van der Waals surface area contributed by atoms with E-state index in [1.165, 1.54) is 13.2 Å². The quantitative estimate of drug-likeness (QED) is 0.819. The fourth-order valence-corrected chi connectivity index (χ4v) is 2.23. The number of carboxylic acids is 1. The number of amides is 1. The number of carbonyl (C=O) groups is 2. The van der Waals surface area contributed by atoms with Crippen molar-refractivity contribution in [3.8, 4) is 0 Å². The number of ether oxygens (including phenoxy) is 1. The smallest absolute Gasteiger partial charge is 0.308 e. The van der Waals surface area contributed by atoms with Crippen LogP contribution in [0.1, 0.15) is 34.8 Å². The van der Waals surface area contributed by atoms with Crippen LogP contribution in [0.15, 0.2) is 46.9 Å². The van der Waals surface area contributed by atoms with Crippen LogP contribution in [0.25, 0.3) is 0 Å². The van der Waals surface area contributed by atoms with Crippen LogP contribution in [-0.2, 0) is 16.1 Å². The van der Waals surface area contributed by atoms with Crippen LogP contribution in [0.4, 0.5) is 0 Å². The SMILES string of the molecule is COCc1ccc(C(=O)NC(c2ccccc2)C(C)C(=O)O)o1. The number of aliphatic carboxylic acids is 1. The number of rotatable bonds is 7. The van der Waals surface area contributed by atoms with Crippen LogP contribution in [0, 0.1) is 5.92 Å². The van der Waals surface area contributed by atoms with Crippen LogP contribution >= 0.6 is 0 Å². The first-order valence-corrected chi connectivity index (χ1v) is 7.19. The summed E-state index contributed by atoms with van der Waals surface area (Å²) in [5, 5.41) is 12.0. The molecule has 2 unspecified atom stereocenters. The van der Waals surface area contributed by atoms with E-state index in [1.807, 2.05) is 6.07 Å². The van der Waals surface area contributed by atoms with E-state index in [1.54, 1.807) is 37.3 Å². The Morgan fingerprint density at radius 2 is 1.91 bits per heavy atom. The third-order valence-corrected chi connectivity index (χ3v) is 3.51. The largest absolute Gasteiger partial charge is 0.481 e. The second-order valence-corrected chi connectivity index (χ2v) is 5.19. The number of methoxy groups -OCH3 is 1. The van der Waals surface area contributed by atoms with Crippen LogP contribution in [0.3, 0.4) is 0 Å². The van der Waals surface area contributed by atoms with Crippen molar-refractivity contribution < 1.29 is 23.8 Å². The standard InChI is InChI=1S/C17H19NO5/c1-11(17(20)21)15(12-6-4-3-5-7-12)18-16(19)14-9-8-13(23-14)10-22-2/h3-9,11,15H,10H2,1-2H3,(H,18,19)(H,20,21). The Hall–Kier alpha value is -2.60. The molecule has 2 N–H and O–H groups in total. The molecule has 0 aliphatic rings. The summed E-state index contributed by atoms with van der Waals surface area (Å²) in [7, 11) is 1.53. The number of hydrogen-bond acceptors (Lipinski definition) is 4. The minimum absolute atomic E-state index is 0.121. The molecule has 0 spiro atoms. The Morgan fingerprint density at radius 1 is 1.22 bits per heavy atom. The van der Waals surface area contributed by atoms with Gasteiger partial charge in [0.25, 0.3) is 5.91 Å². The molecule has 2 atom stereocenters. The van der Waals surface area contributed by atoms with E-state index in [0.717, 1.165) is 5.56 Å². The third-order valence-electron chi connectivity index (χ3n) is 3.51. The number of hydrogen-bond donors (Lipinski definition) is 2. The van der Waals surface area contributed by atoms with E-state index >= 15 is 0 Å². The van der Waals surface area contributed by atoms with E-state index < -0.39 is 23.8 Å². The van der Waals surface area contributed by atoms with Crippen molar-refractivity contribution in [1.29, 1.82) is 0 Å². The zero-order valence-electron chi connectivity index (χ0n) is 13.0. The summed E-state index contributed by atoms with van der Waals surface area (Å²) in [6.07, 6.45) is 0. The minimum atomic E-state index is -0.987. The lowest BCUT2D eigenvalue weighted by molar-refractivity contribution is -0.142. The van der Waals surface area contributed by atoms with Gasteiger partial charge < -0.3 is 19.6 Å². The first kappa shape index (κ1) is 16.8. The predicted octanol–water partition coefficient (Wildman–Crippen LogP) is 2.62. The fraction of sp³-hybridized carbons (Fsp3) is 0.294. The monoisotopic (exact) mass is 317 g/mol. The molecule has 122 valence electrons. The van der Waals surface area contributed by atoms with Crippen LogP contribution in [-0.4, -0.2) is 24.1 Å². The van der Waals surface area contributed by atoms with Gasteiger partial charge in [-0.2, -0.15) is 0 Å². The van der Waals surface area contributed by atoms with E-state index in [2.05, 4.69) is 5.32 Å². The number of carbonyl (C=O) groups excluding carboxylic acids is 1. The Kier molecular flexibility index (Phi) is 5.54. The van der Waals surface area contributed by atoms with Gasteiger partial charge in [-0.1, -0.05) is 30.3 Å². The zero-order chi connectivity index (χ0) is 16.8. The molecule has 0 saturated heterocycles. The summed E-state index contributed by atoms with van der Waals surface area (Å²) in [5.41, 5.74) is 0.722. The first-order valence-electron chi connectivity index (χ1n) is 7.19. The molecule has 2 rings (SSSR count). The molecule has 0 aliphatic heterocycles. The lowest BCUT2D eigenvalue weighted by Gasteiger charge is -2.22. The number of carboxylic acid groups (broad SMARTS) is 1. The maximum atomic E-state index is 12.3. The number of furan rings is 1. The van der Waals surface area contributed by atoms with E-state index in [4.69, 9.17) is 9.15 Å². The summed E-state index contributed by atoms with van der Waals surface area (Å²) in [5.74, 6) is -1.58. The first-order chi connectivity index (χ1) is 11.0. The van der Waals surface area contributed by atoms with Crippen molar-refractivity contribution in [2.75, 3.05) is 7.11 Å². The highest BCUT2D eigenvalue weighted by atomic mass is 16.5. The van der Waals surface area contributed by atoms with Gasteiger partial charge in [-0.25, -0.2) is 0 Å². The van der Waals surface area contributed by atoms with E-state index in [9.17, 15) is 14.7 Å². The van der Waals surface area contributed by atoms with Crippen LogP contribution in [0.5, 0.6) is 0 Å². The molecular formula is C17H19NO5. The summed E-state index contributed by atoms with van der Waals surface area (Å²) in [6, 6.07) is 11.5. The van der Waals surface area contributed by atoms with Crippen molar-refractivity contribution in [2.45, 2.75) is 19.6 Å². The van der Waals surface area contributed by atoms with Gasteiger partial charge in [0.05, 0.1) is 12.0 Å². The molecule has 1 heterocycles. The van der Waals surface area contributed by atoms with Gasteiger partial charge >= 0.3 is 5.97 Å². The summed E-state index contributed by atoms with van der Waals surface area (Å²) in [4.78, 5) is 23.7. The van der Waals surface area contributed by atoms with Gasteiger partial charge in [0, 0.05) is 7.11 Å². The molecule has 6 heteroatoms. The highest BCUT2D eigenvalue weighted by Crippen LogP contribution is 2.23. The molecule has 1 aromatic heterocycles. The maximum Gasteiger partial charge on any atom is 0.308 e. The maximum absolute atomic E-state index is 12.3. The molecule has 23 heavy (non-hydrogen) atoms. The Bertz CT molecular complexity index is 665. The molecule has 0 fully saturated rings. The lowest BCUT2D eigenvalue weighted by Crippen LogP contribution is -2.35. The molecule has 1 amide bonds. The molecule has 0 saturated carbocycles. The Morgan fingerprint density at radius 3 is 2.52 bits per heavy atom. The topological polar surface area (TPSA) is 88.8 Å². The molecule has 0 aliphatic carbocycles. The second-order valence-electron chi connectivity index (χ2n) is 5.19. The van der Waals surface area contributed by atoms with Crippen molar-refractivity contribution in [2.24, 2.45) is 5.92 Å². The van der Waals surface area contributed by atoms with Gasteiger partial charge in [0.2, 0.25) is 0 Å². The van der Waals surface area contributed by atoms with E-state index in [-0.39, 0.29) is 12.4 Å². The van der Waals surface area contributed by atoms with Gasteiger partial charge in [-0.05, 0) is 24.6 Å². The molecule has 1 aromatic carbocycles. The Balaban J connectivity index is 2.19. The highest BCUT2D eigenvalue weighted by Gasteiger charge is 2.27. The molecule has 0 bridgehead atoms. The van der Waals surface area contributed by atoms with Crippen molar-refractivity contribution >= 4 is 11.9 Å². The lowest BCUT2D eigenvalue weighted by atomic mass is 9.94. The summed E-state index contributed by atoms with van der Waals surface area (Å²) in [6.45, 7) is 1.82. The van der Waals surface area contributed by atoms with Gasteiger partial charge in [0.15, 0.2) is 5.76 Å². The molecular weight excluding hydrogens is 298 g/mol. The average Bonchev–Trinajstić information content (AvgIpc) is 3.01. The number of benzene rings is 1. The summed E-state index contributed by atoms with van der Waals surface area (Å²) < 4.78 is 10.3. The van der Waals surface area contributed by atoms with Crippen molar-refractivity contribution in [1.82, 2.24) is 5.32 Å². The Labute approximate surface area is 134 Å². The van der Waals surface area contributed by atoms with Gasteiger partial charge in [-0.3, -0.25) is 9.59 Å². The molecule has 0 radical (unpaired) electrons. The van der Waals surface area contributed by atoms with Crippen molar-refractivity contribution in [3.63, 3.8) is 0 Å². The van der Waals surface area contributed by atoms with Crippen LogP contribution in [0.2, 0.25) is 0 Å². The minimum Gasteiger partial charge on any atom is -0.481 e. The van der Waals surface area contributed by atoms with Crippen LogP contribution < -0.4 is 5.32 Å². The highest BCUT2D eigenvalue weighted by molar-refractivity contribution is 5.92. The summed E-state index contributed by atoms with van der Waals surface area (Å²) >= 11 is 0. The van der Waals surface area contributed by atoms with E-state index in [0.29, 0.717) is 5.76 Å². The zero-order valence-corrected chi connectivity index (χ0v) is 13.0. The fourth-order valence-electron chi connectivity index (χ4n) is 2.23. The van der Waals surface area contributed by atoms with Crippen molar-refractivity contribution in [3.05, 3.63) is 59.5 Å². The molecule has 2 aromatic rings. The normalized spacial score (nSPS) is 13.3. The third kappa shape index (κ3) is 4.20. The molecule has 6 nitrogen and oxygen atoms in total. The number of nitrogens with one attached hydrogen (secondary N) is 1.